The Kier molecular flexibility index (Phi) is 2.72. The van der Waals surface area contributed by atoms with E-state index in [9.17, 15) is 0 Å². The van der Waals surface area contributed by atoms with Crippen LogP contribution < -0.4 is 4.57 Å². The van der Waals surface area contributed by atoms with E-state index in [-0.39, 0.29) is 5.41 Å². The molecule has 0 fully saturated rings. The average molecular weight is 301 g/mol. The van der Waals surface area contributed by atoms with Gasteiger partial charge in [0.05, 0.1) is 6.93 Å². The summed E-state index contributed by atoms with van der Waals surface area (Å²) >= 11 is 0. The topological polar surface area (TPSA) is 3.88 Å². The smallest absolute Gasteiger partial charge is 0.201 e. The summed E-state index contributed by atoms with van der Waals surface area (Å²) in [5.41, 5.74) is 8.54. The van der Waals surface area contributed by atoms with E-state index in [1.807, 2.05) is 12.1 Å². The molecule has 0 bridgehead atoms. The molecule has 1 heteroatoms. The molecule has 0 radical (unpaired) electrons. The van der Waals surface area contributed by atoms with Gasteiger partial charge in [0.2, 0.25) is 5.69 Å². The van der Waals surface area contributed by atoms with Crippen molar-refractivity contribution in [2.75, 3.05) is 0 Å². The monoisotopic (exact) mass is 301 g/mol. The van der Waals surface area contributed by atoms with E-state index < -0.39 is 0 Å². The van der Waals surface area contributed by atoms with Crippen molar-refractivity contribution in [3.05, 3.63) is 77.5 Å². The van der Waals surface area contributed by atoms with Gasteiger partial charge in [0, 0.05) is 23.1 Å². The summed E-state index contributed by atoms with van der Waals surface area (Å²) in [6.45, 7) is 6.70. The lowest BCUT2D eigenvalue weighted by molar-refractivity contribution is -0.660. The quantitative estimate of drug-likeness (QED) is 0.569. The summed E-state index contributed by atoms with van der Waals surface area (Å²) in [6, 6.07) is 17.5. The Bertz CT molecular complexity index is 970. The maximum absolute atomic E-state index is 8.54. The van der Waals surface area contributed by atoms with Gasteiger partial charge in [-0.1, -0.05) is 50.2 Å². The van der Waals surface area contributed by atoms with Crippen LogP contribution in [0.5, 0.6) is 0 Å². The first-order valence-electron chi connectivity index (χ1n) is 8.62. The van der Waals surface area contributed by atoms with E-state index in [2.05, 4.69) is 75.0 Å². The van der Waals surface area contributed by atoms with E-state index in [1.165, 1.54) is 33.5 Å². The summed E-state index contributed by atoms with van der Waals surface area (Å²) in [5.74, 6) is 0. The second kappa shape index (κ2) is 4.79. The molecule has 1 aliphatic carbocycles. The number of fused-ring (bicyclic) bond motifs is 3. The van der Waals surface area contributed by atoms with Crippen LogP contribution in [0.4, 0.5) is 0 Å². The van der Waals surface area contributed by atoms with Gasteiger partial charge in [-0.3, -0.25) is 0 Å². The first-order valence-corrected chi connectivity index (χ1v) is 8.12. The van der Waals surface area contributed by atoms with Crippen molar-refractivity contribution in [3.8, 4) is 22.4 Å². The highest BCUT2D eigenvalue weighted by Gasteiger charge is 2.38. The van der Waals surface area contributed by atoms with E-state index in [0.29, 0.717) is 6.04 Å². The van der Waals surface area contributed by atoms with Gasteiger partial charge < -0.3 is 0 Å². The van der Waals surface area contributed by atoms with E-state index in [1.54, 1.807) is 0 Å². The Balaban J connectivity index is 2.18. The minimum Gasteiger partial charge on any atom is -0.201 e. The molecule has 3 aromatic rings. The van der Waals surface area contributed by atoms with Gasteiger partial charge in [0.25, 0.3) is 0 Å². The van der Waals surface area contributed by atoms with Crippen molar-refractivity contribution in [2.24, 2.45) is 7.05 Å². The maximum Gasteiger partial charge on any atom is 0.213 e. The fourth-order valence-corrected chi connectivity index (χ4v) is 3.91. The van der Waals surface area contributed by atoms with E-state index in [4.69, 9.17) is 1.37 Å². The minimum atomic E-state index is -0.0719. The molecule has 4 rings (SSSR count). The predicted octanol–water partition coefficient (Wildman–Crippen LogP) is 4.79. The van der Waals surface area contributed by atoms with Gasteiger partial charge in [-0.15, -0.1) is 0 Å². The number of rotatable bonds is 1. The lowest BCUT2D eigenvalue weighted by Crippen LogP contribution is -2.30. The number of benzene rings is 2. The first-order chi connectivity index (χ1) is 11.4. The Labute approximate surface area is 139 Å². The number of pyridine rings is 1. The molecule has 1 heterocycles. The zero-order valence-corrected chi connectivity index (χ0v) is 14.1. The summed E-state index contributed by atoms with van der Waals surface area (Å²) in [6.07, 6.45) is 2.09. The Morgan fingerprint density at radius 2 is 1.70 bits per heavy atom. The molecule has 0 atom stereocenters. The molecule has 2 aromatic carbocycles. The molecular weight excluding hydrogens is 278 g/mol. The van der Waals surface area contributed by atoms with Crippen molar-refractivity contribution in [3.63, 3.8) is 0 Å². The highest BCUT2D eigenvalue weighted by Crippen LogP contribution is 2.52. The molecule has 0 saturated heterocycles. The highest BCUT2D eigenvalue weighted by atomic mass is 14.9. The molecule has 23 heavy (non-hydrogen) atoms. The van der Waals surface area contributed by atoms with Crippen molar-refractivity contribution < 1.29 is 5.94 Å². The van der Waals surface area contributed by atoms with Gasteiger partial charge in [-0.05, 0) is 35.2 Å². The van der Waals surface area contributed by atoms with Crippen LogP contribution in [-0.2, 0) is 12.5 Å². The largest absolute Gasteiger partial charge is 0.213 e. The Morgan fingerprint density at radius 1 is 0.913 bits per heavy atom. The lowest BCUT2D eigenvalue weighted by atomic mass is 9.81. The minimum absolute atomic E-state index is 0.0719. The molecular formula is C22H22N+. The zero-order chi connectivity index (χ0) is 17.1. The fraction of sp³-hybridized carbons (Fsp3) is 0.227. The third-order valence-corrected chi connectivity index (χ3v) is 5.18. The maximum atomic E-state index is 8.54. The molecule has 0 saturated carbocycles. The number of aryl methyl sites for hydroxylation is 2. The van der Waals surface area contributed by atoms with Crippen molar-refractivity contribution >= 4 is 0 Å². The molecule has 1 aromatic heterocycles. The fourth-order valence-electron chi connectivity index (χ4n) is 3.91. The normalized spacial score (nSPS) is 15.0. The van der Waals surface area contributed by atoms with Gasteiger partial charge in [0.15, 0.2) is 6.20 Å². The molecule has 1 nitrogen and oxygen atoms in total. The average Bonchev–Trinajstić information content (AvgIpc) is 2.78. The van der Waals surface area contributed by atoms with Gasteiger partial charge in [0.1, 0.15) is 7.05 Å². The van der Waals surface area contributed by atoms with Crippen LogP contribution in [0.2, 0.25) is 0 Å². The highest BCUT2D eigenvalue weighted by molar-refractivity contribution is 5.92. The SMILES string of the molecule is [2H]c1cccc2c1-c1c(ccc(C)c1-c1cccc[n+]1C)C2(C)C. The third-order valence-electron chi connectivity index (χ3n) is 5.18. The summed E-state index contributed by atoms with van der Waals surface area (Å²) in [5, 5.41) is 0. The number of hydrogen-bond donors (Lipinski definition) is 0. The van der Waals surface area contributed by atoms with Crippen molar-refractivity contribution in [1.29, 1.82) is 0 Å². The van der Waals surface area contributed by atoms with Gasteiger partial charge >= 0.3 is 0 Å². The van der Waals surface area contributed by atoms with Crippen LogP contribution in [0.25, 0.3) is 22.4 Å². The molecule has 0 amide bonds. The standard InChI is InChI=1S/C22H22N/c1-15-12-13-18-21(20(15)19-11-7-8-14-23(19)4)16-9-5-6-10-17(16)22(18,2)3/h5-14H,1-4H3/q+1/i9D. The van der Waals surface area contributed by atoms with Gasteiger partial charge in [-0.2, -0.15) is 0 Å². The number of nitrogens with zero attached hydrogens (tertiary/aromatic N) is 1. The molecule has 0 aliphatic heterocycles. The van der Waals surface area contributed by atoms with Crippen LogP contribution in [0, 0.1) is 6.92 Å². The van der Waals surface area contributed by atoms with Crippen LogP contribution in [0.15, 0.2) is 60.8 Å². The van der Waals surface area contributed by atoms with E-state index in [0.717, 1.165) is 5.56 Å². The lowest BCUT2D eigenvalue weighted by Gasteiger charge is -2.21. The second-order valence-electron chi connectivity index (χ2n) is 6.96. The predicted molar refractivity (Wildman–Crippen MR) is 95.4 cm³/mol. The van der Waals surface area contributed by atoms with Crippen LogP contribution in [0.1, 0.15) is 31.9 Å². The van der Waals surface area contributed by atoms with E-state index >= 15 is 0 Å². The second-order valence-corrected chi connectivity index (χ2v) is 6.96. The third kappa shape index (κ3) is 1.89. The van der Waals surface area contributed by atoms with Crippen molar-refractivity contribution in [1.82, 2.24) is 0 Å². The molecule has 0 spiro atoms. The zero-order valence-electron chi connectivity index (χ0n) is 15.1. The summed E-state index contributed by atoms with van der Waals surface area (Å²) < 4.78 is 10.7. The molecule has 1 aliphatic rings. The number of hydrogen-bond acceptors (Lipinski definition) is 0. The van der Waals surface area contributed by atoms with Gasteiger partial charge in [-0.25, -0.2) is 4.57 Å². The summed E-state index contributed by atoms with van der Waals surface area (Å²) in [7, 11) is 2.09. The van der Waals surface area contributed by atoms with Crippen LogP contribution >= 0.6 is 0 Å². The van der Waals surface area contributed by atoms with Crippen LogP contribution in [-0.4, -0.2) is 0 Å². The summed E-state index contributed by atoms with van der Waals surface area (Å²) in [4.78, 5) is 0. The first kappa shape index (κ1) is 13.1. The van der Waals surface area contributed by atoms with Crippen molar-refractivity contribution in [2.45, 2.75) is 26.2 Å². The Morgan fingerprint density at radius 3 is 2.48 bits per heavy atom. The molecule has 0 N–H and O–H groups in total. The Hall–Kier alpha value is -2.41. The molecule has 114 valence electrons. The van der Waals surface area contributed by atoms with Crippen LogP contribution in [0.3, 0.4) is 0 Å². The number of aromatic nitrogens is 1. The molecule has 0 unspecified atom stereocenters.